The predicted octanol–water partition coefficient (Wildman–Crippen LogP) is 5.01. The minimum atomic E-state index is -1.03. The van der Waals surface area contributed by atoms with Crippen molar-refractivity contribution < 1.29 is 19.5 Å². The standard InChI is InChI=1S/C25H42N2O4S/c1-18(2)9-7-10-19(3)11-8-12-20(4)15-16-32-17-23(25(30)31)27-24(29)14-13-21(5)26-22(6)28/h9,11,15,21,23H,7-8,10,12-14,16-17H2,1-6H3,(H,26,28)(H,27,29)(H,30,31)/b19-11+,20-15+. The molecule has 2 amide bonds. The first kappa shape index (κ1) is 30.0. The maximum absolute atomic E-state index is 12.0. The lowest BCUT2D eigenvalue weighted by molar-refractivity contribution is -0.141. The highest BCUT2D eigenvalue weighted by Gasteiger charge is 2.20. The summed E-state index contributed by atoms with van der Waals surface area (Å²) in [6.45, 7) is 11.8. The van der Waals surface area contributed by atoms with Crippen LogP contribution in [0.5, 0.6) is 0 Å². The number of aliphatic carboxylic acids is 1. The van der Waals surface area contributed by atoms with Gasteiger partial charge in [-0.25, -0.2) is 4.79 Å². The summed E-state index contributed by atoms with van der Waals surface area (Å²) in [5, 5.41) is 14.7. The molecule has 0 aromatic rings. The van der Waals surface area contributed by atoms with Crippen LogP contribution in [0.3, 0.4) is 0 Å². The number of amides is 2. The fourth-order valence-corrected chi connectivity index (χ4v) is 3.93. The minimum absolute atomic E-state index is 0.125. The lowest BCUT2D eigenvalue weighted by Gasteiger charge is -2.16. The zero-order valence-electron chi connectivity index (χ0n) is 20.6. The number of carboxylic acid groups (broad SMARTS) is 1. The number of hydrogen-bond acceptors (Lipinski definition) is 4. The second-order valence-corrected chi connectivity index (χ2v) is 9.67. The fourth-order valence-electron chi connectivity index (χ4n) is 2.93. The van der Waals surface area contributed by atoms with E-state index in [4.69, 9.17) is 0 Å². The Labute approximate surface area is 198 Å². The monoisotopic (exact) mass is 466 g/mol. The van der Waals surface area contributed by atoms with Gasteiger partial charge in [-0.2, -0.15) is 11.8 Å². The summed E-state index contributed by atoms with van der Waals surface area (Å²) in [7, 11) is 0. The largest absolute Gasteiger partial charge is 0.480 e. The number of carbonyl (C=O) groups is 3. The number of rotatable bonds is 16. The molecule has 0 aliphatic carbocycles. The van der Waals surface area contributed by atoms with Gasteiger partial charge >= 0.3 is 5.97 Å². The molecule has 0 aliphatic rings. The maximum atomic E-state index is 12.0. The Morgan fingerprint density at radius 3 is 2.03 bits per heavy atom. The second-order valence-electron chi connectivity index (χ2n) is 8.60. The molecule has 0 aliphatic heterocycles. The molecule has 0 spiro atoms. The second kappa shape index (κ2) is 17.5. The molecule has 6 nitrogen and oxygen atoms in total. The number of carbonyl (C=O) groups excluding carboxylic acids is 2. The molecule has 0 rings (SSSR count). The molecule has 0 fully saturated rings. The van der Waals surface area contributed by atoms with Crippen LogP contribution in [0.15, 0.2) is 34.9 Å². The molecule has 0 saturated heterocycles. The Morgan fingerprint density at radius 2 is 1.47 bits per heavy atom. The van der Waals surface area contributed by atoms with Crippen molar-refractivity contribution in [3.63, 3.8) is 0 Å². The summed E-state index contributed by atoms with van der Waals surface area (Å²) in [5.41, 5.74) is 4.06. The van der Waals surface area contributed by atoms with E-state index in [1.807, 2.05) is 6.92 Å². The quantitative estimate of drug-likeness (QED) is 0.219. The van der Waals surface area contributed by atoms with Crippen molar-refractivity contribution in [3.05, 3.63) is 34.9 Å². The predicted molar refractivity (Wildman–Crippen MR) is 135 cm³/mol. The summed E-state index contributed by atoms with van der Waals surface area (Å²) < 4.78 is 0. The third-order valence-electron chi connectivity index (χ3n) is 4.84. The molecule has 0 heterocycles. The summed E-state index contributed by atoms with van der Waals surface area (Å²) in [5.74, 6) is -0.459. The highest BCUT2D eigenvalue weighted by Crippen LogP contribution is 2.13. The first-order valence-electron chi connectivity index (χ1n) is 11.3. The van der Waals surface area contributed by atoms with Gasteiger partial charge in [0.2, 0.25) is 11.8 Å². The molecule has 0 bridgehead atoms. The van der Waals surface area contributed by atoms with E-state index in [1.54, 1.807) is 0 Å². The van der Waals surface area contributed by atoms with Gasteiger partial charge in [0.15, 0.2) is 0 Å². The van der Waals surface area contributed by atoms with Crippen molar-refractivity contribution in [2.75, 3.05) is 11.5 Å². The topological polar surface area (TPSA) is 95.5 Å². The van der Waals surface area contributed by atoms with Gasteiger partial charge in [0.05, 0.1) is 0 Å². The van der Waals surface area contributed by atoms with Crippen LogP contribution in [-0.4, -0.2) is 46.5 Å². The molecular weight excluding hydrogens is 424 g/mol. The average Bonchev–Trinajstić information content (AvgIpc) is 2.67. The lowest BCUT2D eigenvalue weighted by Crippen LogP contribution is -2.43. The van der Waals surface area contributed by atoms with Crippen molar-refractivity contribution in [2.24, 2.45) is 0 Å². The normalized spacial score (nSPS) is 13.8. The van der Waals surface area contributed by atoms with Crippen LogP contribution in [0.1, 0.15) is 80.1 Å². The van der Waals surface area contributed by atoms with E-state index < -0.39 is 12.0 Å². The van der Waals surface area contributed by atoms with Crippen molar-refractivity contribution in [2.45, 2.75) is 92.2 Å². The van der Waals surface area contributed by atoms with Crippen LogP contribution in [0.25, 0.3) is 0 Å². The number of hydrogen-bond donors (Lipinski definition) is 3. The Hall–Kier alpha value is -2.02. The molecule has 182 valence electrons. The molecule has 0 saturated carbocycles. The molecule has 3 N–H and O–H groups in total. The van der Waals surface area contributed by atoms with E-state index in [0.717, 1.165) is 25.7 Å². The molecule has 0 aromatic heterocycles. The van der Waals surface area contributed by atoms with Crippen LogP contribution in [0.2, 0.25) is 0 Å². The van der Waals surface area contributed by atoms with Gasteiger partial charge in [0.1, 0.15) is 6.04 Å². The molecule has 2 atom stereocenters. The van der Waals surface area contributed by atoms with Gasteiger partial charge in [0, 0.05) is 30.9 Å². The Balaban J connectivity index is 4.25. The third-order valence-corrected chi connectivity index (χ3v) is 5.82. The smallest absolute Gasteiger partial charge is 0.327 e. The van der Waals surface area contributed by atoms with E-state index in [-0.39, 0.29) is 24.3 Å². The van der Waals surface area contributed by atoms with Crippen molar-refractivity contribution in [1.82, 2.24) is 10.6 Å². The molecule has 0 aromatic carbocycles. The Kier molecular flexibility index (Phi) is 16.4. The van der Waals surface area contributed by atoms with Crippen molar-refractivity contribution >= 4 is 29.5 Å². The zero-order chi connectivity index (χ0) is 24.5. The molecular formula is C25H42N2O4S. The zero-order valence-corrected chi connectivity index (χ0v) is 21.4. The highest BCUT2D eigenvalue weighted by molar-refractivity contribution is 7.99. The van der Waals surface area contributed by atoms with Gasteiger partial charge in [-0.3, -0.25) is 9.59 Å². The highest BCUT2D eigenvalue weighted by atomic mass is 32.2. The van der Waals surface area contributed by atoms with E-state index in [2.05, 4.69) is 56.6 Å². The number of thioether (sulfide) groups is 1. The van der Waals surface area contributed by atoms with Gasteiger partial charge in [0.25, 0.3) is 0 Å². The SMILES string of the molecule is CC(=O)NC(C)CCC(=O)NC(CSC/C=C(\C)CC/C=C(\C)CCC=C(C)C)C(=O)O. The summed E-state index contributed by atoms with van der Waals surface area (Å²) in [6.07, 6.45) is 11.5. The first-order chi connectivity index (χ1) is 15.0. The average molecular weight is 467 g/mol. The summed E-state index contributed by atoms with van der Waals surface area (Å²) in [6, 6.07) is -1.04. The molecule has 0 radical (unpaired) electrons. The third kappa shape index (κ3) is 17.6. The van der Waals surface area contributed by atoms with E-state index in [0.29, 0.717) is 17.9 Å². The van der Waals surface area contributed by atoms with E-state index in [9.17, 15) is 19.5 Å². The van der Waals surface area contributed by atoms with Gasteiger partial charge in [-0.15, -0.1) is 0 Å². The number of allylic oxidation sites excluding steroid dienone is 5. The molecule has 7 heteroatoms. The summed E-state index contributed by atoms with van der Waals surface area (Å²) >= 11 is 1.50. The fraction of sp³-hybridized carbons (Fsp3) is 0.640. The maximum Gasteiger partial charge on any atom is 0.327 e. The molecule has 2 unspecified atom stereocenters. The number of carboxylic acids is 1. The van der Waals surface area contributed by atoms with Gasteiger partial charge < -0.3 is 15.7 Å². The number of nitrogens with one attached hydrogen (secondary N) is 2. The van der Waals surface area contributed by atoms with Crippen LogP contribution in [-0.2, 0) is 14.4 Å². The van der Waals surface area contributed by atoms with Gasteiger partial charge in [-0.05, 0) is 66.7 Å². The van der Waals surface area contributed by atoms with Gasteiger partial charge in [-0.1, -0.05) is 34.9 Å². The van der Waals surface area contributed by atoms with E-state index in [1.165, 1.54) is 35.4 Å². The van der Waals surface area contributed by atoms with Crippen LogP contribution < -0.4 is 10.6 Å². The summed E-state index contributed by atoms with van der Waals surface area (Å²) in [4.78, 5) is 34.5. The lowest BCUT2D eigenvalue weighted by atomic mass is 10.1. The van der Waals surface area contributed by atoms with Crippen molar-refractivity contribution in [1.29, 1.82) is 0 Å². The van der Waals surface area contributed by atoms with Crippen molar-refractivity contribution in [3.8, 4) is 0 Å². The van der Waals surface area contributed by atoms with Crippen LogP contribution >= 0.6 is 11.8 Å². The van der Waals surface area contributed by atoms with Crippen LogP contribution in [0.4, 0.5) is 0 Å². The van der Waals surface area contributed by atoms with E-state index >= 15 is 0 Å². The first-order valence-corrected chi connectivity index (χ1v) is 12.5. The Bertz CT molecular complexity index is 694. The minimum Gasteiger partial charge on any atom is -0.480 e. The molecule has 32 heavy (non-hydrogen) atoms. The Morgan fingerprint density at radius 1 is 0.875 bits per heavy atom. The van der Waals surface area contributed by atoms with Crippen LogP contribution in [0, 0.1) is 0 Å².